The lowest BCUT2D eigenvalue weighted by Gasteiger charge is -2.33. The van der Waals surface area contributed by atoms with Crippen molar-refractivity contribution in [3.05, 3.63) is 63.8 Å². The summed E-state index contributed by atoms with van der Waals surface area (Å²) < 4.78 is 39.1. The standard InChI is InChI=1S/C27H26Cl2N4O6S/c28-20-2-1-3-21(29)24(20)25-19(26(39-31-25)15-4-5-15)14-37-18-8-10-33(11-9-18)17-6-7-22-16(12-17)13-23(38-22)30-27(34)32-40(35)36/h1-3,6-7,12-13,15,18H,4-5,8-11,14H2,(H,35,36)(H2,30,32,34). The first-order valence-corrected chi connectivity index (χ1v) is 14.7. The maximum atomic E-state index is 11.7. The Kier molecular flexibility index (Phi) is 7.74. The van der Waals surface area contributed by atoms with E-state index < -0.39 is 17.3 Å². The van der Waals surface area contributed by atoms with Gasteiger partial charge in [-0.25, -0.2) is 13.7 Å². The number of ether oxygens (including phenoxy) is 1. The quantitative estimate of drug-likeness (QED) is 0.189. The number of halogens is 2. The number of hydrogen-bond acceptors (Lipinski definition) is 7. The molecule has 0 bridgehead atoms. The molecular weight excluding hydrogens is 579 g/mol. The number of benzene rings is 2. The summed E-state index contributed by atoms with van der Waals surface area (Å²) in [4.78, 5) is 14.0. The predicted octanol–water partition coefficient (Wildman–Crippen LogP) is 6.72. The zero-order valence-electron chi connectivity index (χ0n) is 21.2. The van der Waals surface area contributed by atoms with Crippen molar-refractivity contribution in [2.75, 3.05) is 23.3 Å². The summed E-state index contributed by atoms with van der Waals surface area (Å²) in [7, 11) is 0. The first-order valence-electron chi connectivity index (χ1n) is 12.9. The number of fused-ring (bicyclic) bond motifs is 1. The van der Waals surface area contributed by atoms with Gasteiger partial charge in [0.2, 0.25) is 5.88 Å². The second kappa shape index (κ2) is 11.4. The van der Waals surface area contributed by atoms with Gasteiger partial charge < -0.3 is 18.6 Å². The normalized spacial score (nSPS) is 16.8. The molecule has 2 aromatic heterocycles. The fourth-order valence-electron chi connectivity index (χ4n) is 5.04. The molecule has 1 aliphatic carbocycles. The van der Waals surface area contributed by atoms with Gasteiger partial charge in [0.05, 0.1) is 22.8 Å². The molecule has 1 aliphatic heterocycles. The number of carbonyl (C=O) groups excluding carboxylic acids is 1. The molecule has 13 heteroatoms. The van der Waals surface area contributed by atoms with E-state index in [4.69, 9.17) is 41.4 Å². The zero-order valence-corrected chi connectivity index (χ0v) is 23.5. The van der Waals surface area contributed by atoms with Crippen LogP contribution in [0.25, 0.3) is 22.2 Å². The van der Waals surface area contributed by atoms with Crippen LogP contribution in [0.5, 0.6) is 0 Å². The van der Waals surface area contributed by atoms with Crippen molar-refractivity contribution in [3.63, 3.8) is 0 Å². The molecule has 4 aromatic rings. The van der Waals surface area contributed by atoms with Gasteiger partial charge in [0.25, 0.3) is 11.3 Å². The monoisotopic (exact) mass is 604 g/mol. The molecule has 6 rings (SSSR count). The highest BCUT2D eigenvalue weighted by molar-refractivity contribution is 7.77. The Morgan fingerprint density at radius 3 is 2.58 bits per heavy atom. The molecule has 2 aliphatic rings. The zero-order chi connectivity index (χ0) is 27.8. The molecule has 2 aromatic carbocycles. The summed E-state index contributed by atoms with van der Waals surface area (Å²) in [5, 5.41) is 8.61. The average molecular weight is 606 g/mol. The van der Waals surface area contributed by atoms with Crippen LogP contribution in [-0.2, 0) is 22.6 Å². The van der Waals surface area contributed by atoms with Crippen molar-refractivity contribution in [3.8, 4) is 11.3 Å². The Balaban J connectivity index is 1.10. The highest BCUT2D eigenvalue weighted by atomic mass is 35.5. The van der Waals surface area contributed by atoms with Crippen molar-refractivity contribution in [1.82, 2.24) is 9.88 Å². The molecule has 0 radical (unpaired) electrons. The van der Waals surface area contributed by atoms with E-state index in [9.17, 15) is 9.00 Å². The van der Waals surface area contributed by atoms with Crippen LogP contribution in [0.4, 0.5) is 16.4 Å². The van der Waals surface area contributed by atoms with Crippen molar-refractivity contribution >= 4 is 63.0 Å². The fraction of sp³-hybridized carbons (Fsp3) is 0.333. The van der Waals surface area contributed by atoms with Gasteiger partial charge in [-0.1, -0.05) is 34.4 Å². The summed E-state index contributed by atoms with van der Waals surface area (Å²) in [5.41, 5.74) is 3.88. The highest BCUT2D eigenvalue weighted by Crippen LogP contribution is 2.46. The summed E-state index contributed by atoms with van der Waals surface area (Å²) in [6.45, 7) is 2.00. The molecule has 40 heavy (non-hydrogen) atoms. The third-order valence-corrected chi connectivity index (χ3v) is 8.14. The molecule has 1 unspecified atom stereocenters. The minimum Gasteiger partial charge on any atom is -0.440 e. The van der Waals surface area contributed by atoms with Crippen LogP contribution in [0.2, 0.25) is 10.0 Å². The maximum absolute atomic E-state index is 11.7. The van der Waals surface area contributed by atoms with Crippen molar-refractivity contribution in [2.45, 2.75) is 44.3 Å². The average Bonchev–Trinajstić information content (AvgIpc) is 3.56. The summed E-state index contributed by atoms with van der Waals surface area (Å²) in [5.74, 6) is 1.41. The third kappa shape index (κ3) is 5.84. The smallest absolute Gasteiger partial charge is 0.335 e. The molecule has 3 N–H and O–H groups in total. The van der Waals surface area contributed by atoms with Gasteiger partial charge in [0.15, 0.2) is 0 Å². The van der Waals surface area contributed by atoms with E-state index in [1.54, 1.807) is 18.2 Å². The second-order valence-electron chi connectivity index (χ2n) is 9.88. The number of piperidine rings is 1. The molecule has 0 spiro atoms. The van der Waals surface area contributed by atoms with E-state index in [1.807, 2.05) is 29.0 Å². The molecule has 1 saturated heterocycles. The van der Waals surface area contributed by atoms with Gasteiger partial charge in [-0.05, 0) is 56.0 Å². The lowest BCUT2D eigenvalue weighted by Crippen LogP contribution is -2.37. The maximum Gasteiger partial charge on any atom is 0.335 e. The second-order valence-corrected chi connectivity index (χ2v) is 11.4. The van der Waals surface area contributed by atoms with Crippen LogP contribution in [0.15, 0.2) is 51.4 Å². The minimum atomic E-state index is -2.46. The van der Waals surface area contributed by atoms with E-state index in [1.165, 1.54) is 0 Å². The van der Waals surface area contributed by atoms with Gasteiger partial charge in [-0.2, -0.15) is 0 Å². The molecule has 2 amide bonds. The molecule has 1 atom stereocenters. The molecule has 1 saturated carbocycles. The Morgan fingerprint density at radius 1 is 1.12 bits per heavy atom. The molecule has 2 fully saturated rings. The van der Waals surface area contributed by atoms with E-state index in [-0.39, 0.29) is 12.0 Å². The molecular formula is C27H26Cl2N4O6S. The van der Waals surface area contributed by atoms with Crippen LogP contribution in [-0.4, -0.2) is 39.1 Å². The van der Waals surface area contributed by atoms with Crippen molar-refractivity contribution < 1.29 is 27.2 Å². The summed E-state index contributed by atoms with van der Waals surface area (Å²) in [6, 6.07) is 12.0. The van der Waals surface area contributed by atoms with E-state index in [0.717, 1.165) is 61.2 Å². The first-order chi connectivity index (χ1) is 19.4. The number of hydrogen-bond donors (Lipinski definition) is 3. The van der Waals surface area contributed by atoms with Crippen LogP contribution in [0.3, 0.4) is 0 Å². The molecule has 210 valence electrons. The van der Waals surface area contributed by atoms with Gasteiger partial charge in [-0.15, -0.1) is 0 Å². The number of anilines is 2. The molecule has 10 nitrogen and oxygen atoms in total. The van der Waals surface area contributed by atoms with E-state index in [2.05, 4.69) is 15.4 Å². The van der Waals surface area contributed by atoms with Gasteiger partial charge in [0.1, 0.15) is 17.0 Å². The number of carbonyl (C=O) groups is 1. The number of urea groups is 1. The first kappa shape index (κ1) is 27.1. The number of rotatable bonds is 8. The fourth-order valence-corrected chi connectivity index (χ4v) is 5.82. The number of nitrogens with one attached hydrogen (secondary N) is 2. The van der Waals surface area contributed by atoms with Crippen LogP contribution in [0, 0.1) is 0 Å². The van der Waals surface area contributed by atoms with Crippen molar-refractivity contribution in [1.29, 1.82) is 0 Å². The van der Waals surface area contributed by atoms with Crippen molar-refractivity contribution in [2.24, 2.45) is 0 Å². The van der Waals surface area contributed by atoms with Gasteiger partial charge in [-0.3, -0.25) is 9.87 Å². The topological polar surface area (TPSA) is 130 Å². The Hall–Kier alpha value is -3.09. The number of amides is 2. The Bertz CT molecular complexity index is 1560. The van der Waals surface area contributed by atoms with Gasteiger partial charge in [0, 0.05) is 47.3 Å². The van der Waals surface area contributed by atoms with E-state index in [0.29, 0.717) is 39.4 Å². The number of nitrogens with zero attached hydrogens (tertiary/aromatic N) is 2. The van der Waals surface area contributed by atoms with Crippen LogP contribution >= 0.6 is 23.2 Å². The Morgan fingerprint density at radius 2 is 1.88 bits per heavy atom. The third-order valence-electron chi connectivity index (χ3n) is 7.15. The summed E-state index contributed by atoms with van der Waals surface area (Å²) in [6.07, 6.45) is 3.93. The SMILES string of the molecule is O=C(Nc1cc2cc(N3CCC(OCc4c(-c5c(Cl)cccc5Cl)noc4C4CC4)CC3)ccc2o1)NS(=O)O. The van der Waals surface area contributed by atoms with Gasteiger partial charge >= 0.3 is 6.03 Å². The predicted molar refractivity (Wildman–Crippen MR) is 153 cm³/mol. The van der Waals surface area contributed by atoms with E-state index >= 15 is 0 Å². The van der Waals surface area contributed by atoms with Crippen LogP contribution in [0.1, 0.15) is 42.9 Å². The largest absolute Gasteiger partial charge is 0.440 e. The number of furan rings is 1. The molecule has 3 heterocycles. The summed E-state index contributed by atoms with van der Waals surface area (Å²) >= 11 is 10.5. The minimum absolute atomic E-state index is 0.0804. The lowest BCUT2D eigenvalue weighted by atomic mass is 10.0. The lowest BCUT2D eigenvalue weighted by molar-refractivity contribution is 0.0246. The Labute approximate surface area is 242 Å². The van der Waals surface area contributed by atoms with Crippen LogP contribution < -0.4 is 14.9 Å². The number of aromatic nitrogens is 1. The highest BCUT2D eigenvalue weighted by Gasteiger charge is 2.34.